The Kier molecular flexibility index (Phi) is 9.42. The van der Waals surface area contributed by atoms with Crippen LogP contribution in [0.1, 0.15) is 40.5 Å². The Hall–Kier alpha value is -0.0800. The van der Waals surface area contributed by atoms with Crippen molar-refractivity contribution in [2.24, 2.45) is 11.8 Å². The Bertz CT molecular complexity index is 103. The van der Waals surface area contributed by atoms with Crippen molar-refractivity contribution in [2.75, 3.05) is 26.3 Å². The molecule has 0 radical (unpaired) electrons. The average molecular weight is 201 g/mol. The van der Waals surface area contributed by atoms with Crippen LogP contribution in [0.3, 0.4) is 0 Å². The predicted molar refractivity (Wildman–Crippen MR) is 62.6 cm³/mol. The third-order valence-corrected chi connectivity index (χ3v) is 2.59. The summed E-state index contributed by atoms with van der Waals surface area (Å²) in [5.74, 6) is 1.37. The quantitative estimate of drug-likeness (QED) is 0.579. The van der Waals surface area contributed by atoms with E-state index in [-0.39, 0.29) is 0 Å². The van der Waals surface area contributed by atoms with Crippen LogP contribution in [-0.4, -0.2) is 26.3 Å². The number of nitrogens with one attached hydrogen (secondary N) is 1. The highest BCUT2D eigenvalue weighted by atomic mass is 16.5. The molecule has 0 aliphatic heterocycles. The number of ether oxygens (including phenoxy) is 1. The summed E-state index contributed by atoms with van der Waals surface area (Å²) in [6.45, 7) is 13.0. The van der Waals surface area contributed by atoms with Gasteiger partial charge in [0.15, 0.2) is 0 Å². The molecular weight excluding hydrogens is 174 g/mol. The summed E-state index contributed by atoms with van der Waals surface area (Å²) in [6, 6.07) is 0. The molecule has 0 aromatic rings. The maximum absolute atomic E-state index is 5.54. The lowest BCUT2D eigenvalue weighted by Crippen LogP contribution is -2.27. The molecule has 0 saturated heterocycles. The Morgan fingerprint density at radius 1 is 1.07 bits per heavy atom. The van der Waals surface area contributed by atoms with Crippen LogP contribution in [0.25, 0.3) is 0 Å². The SMILES string of the molecule is CCCNCC(C)C(C)COCCC. The van der Waals surface area contributed by atoms with Crippen molar-refractivity contribution in [2.45, 2.75) is 40.5 Å². The van der Waals surface area contributed by atoms with Gasteiger partial charge in [0.2, 0.25) is 0 Å². The molecule has 0 aromatic heterocycles. The van der Waals surface area contributed by atoms with Crippen LogP contribution in [0.2, 0.25) is 0 Å². The lowest BCUT2D eigenvalue weighted by molar-refractivity contribution is 0.0871. The smallest absolute Gasteiger partial charge is 0.0494 e. The maximum atomic E-state index is 5.54. The Balaban J connectivity index is 3.39. The Morgan fingerprint density at radius 3 is 2.36 bits per heavy atom. The molecule has 0 saturated carbocycles. The van der Waals surface area contributed by atoms with E-state index in [1.54, 1.807) is 0 Å². The Morgan fingerprint density at radius 2 is 1.79 bits per heavy atom. The van der Waals surface area contributed by atoms with E-state index in [2.05, 4.69) is 33.0 Å². The summed E-state index contributed by atoms with van der Waals surface area (Å²) in [7, 11) is 0. The standard InChI is InChI=1S/C12H27NO/c1-5-7-13-9-11(3)12(4)10-14-8-6-2/h11-13H,5-10H2,1-4H3. The van der Waals surface area contributed by atoms with Crippen molar-refractivity contribution in [1.82, 2.24) is 5.32 Å². The van der Waals surface area contributed by atoms with Crippen LogP contribution >= 0.6 is 0 Å². The molecule has 0 aliphatic carbocycles. The van der Waals surface area contributed by atoms with Gasteiger partial charge in [-0.05, 0) is 37.8 Å². The molecule has 0 aromatic carbocycles. The minimum atomic E-state index is 0.658. The van der Waals surface area contributed by atoms with Gasteiger partial charge >= 0.3 is 0 Å². The summed E-state index contributed by atoms with van der Waals surface area (Å²) in [4.78, 5) is 0. The fourth-order valence-electron chi connectivity index (χ4n) is 1.29. The molecule has 0 fully saturated rings. The van der Waals surface area contributed by atoms with E-state index >= 15 is 0 Å². The average Bonchev–Trinajstić information content (AvgIpc) is 2.18. The minimum absolute atomic E-state index is 0.658. The van der Waals surface area contributed by atoms with Crippen LogP contribution in [0, 0.1) is 11.8 Å². The third-order valence-electron chi connectivity index (χ3n) is 2.59. The first-order chi connectivity index (χ1) is 6.72. The molecule has 1 N–H and O–H groups in total. The highest BCUT2D eigenvalue weighted by Crippen LogP contribution is 2.10. The van der Waals surface area contributed by atoms with E-state index in [1.165, 1.54) is 6.42 Å². The summed E-state index contributed by atoms with van der Waals surface area (Å²) in [6.07, 6.45) is 2.34. The lowest BCUT2D eigenvalue weighted by Gasteiger charge is -2.20. The second-order valence-electron chi connectivity index (χ2n) is 4.23. The van der Waals surface area contributed by atoms with E-state index in [1.807, 2.05) is 0 Å². The van der Waals surface area contributed by atoms with Crippen molar-refractivity contribution < 1.29 is 4.74 Å². The van der Waals surface area contributed by atoms with E-state index in [4.69, 9.17) is 4.74 Å². The predicted octanol–water partition coefficient (Wildman–Crippen LogP) is 2.68. The van der Waals surface area contributed by atoms with E-state index in [0.717, 1.165) is 32.7 Å². The van der Waals surface area contributed by atoms with Gasteiger partial charge in [-0.15, -0.1) is 0 Å². The van der Waals surface area contributed by atoms with Gasteiger partial charge in [0.1, 0.15) is 0 Å². The van der Waals surface area contributed by atoms with Gasteiger partial charge in [-0.3, -0.25) is 0 Å². The van der Waals surface area contributed by atoms with Crippen molar-refractivity contribution in [3.05, 3.63) is 0 Å². The molecule has 2 heteroatoms. The number of hydrogen-bond acceptors (Lipinski definition) is 2. The molecule has 0 rings (SSSR count). The van der Waals surface area contributed by atoms with Gasteiger partial charge < -0.3 is 10.1 Å². The maximum Gasteiger partial charge on any atom is 0.0494 e. The van der Waals surface area contributed by atoms with Crippen LogP contribution in [0.4, 0.5) is 0 Å². The molecule has 0 spiro atoms. The first-order valence-corrected chi connectivity index (χ1v) is 6.00. The second kappa shape index (κ2) is 9.47. The lowest BCUT2D eigenvalue weighted by atomic mass is 9.97. The second-order valence-corrected chi connectivity index (χ2v) is 4.23. The van der Waals surface area contributed by atoms with Gasteiger partial charge in [0, 0.05) is 13.2 Å². The van der Waals surface area contributed by atoms with Gasteiger partial charge in [-0.2, -0.15) is 0 Å². The molecule has 2 nitrogen and oxygen atoms in total. The van der Waals surface area contributed by atoms with Crippen molar-refractivity contribution >= 4 is 0 Å². The topological polar surface area (TPSA) is 21.3 Å². The summed E-state index contributed by atoms with van der Waals surface area (Å²) >= 11 is 0. The molecular formula is C12H27NO. The fourth-order valence-corrected chi connectivity index (χ4v) is 1.29. The summed E-state index contributed by atoms with van der Waals surface area (Å²) < 4.78 is 5.54. The Labute approximate surface area is 89.4 Å². The fraction of sp³-hybridized carbons (Fsp3) is 1.00. The van der Waals surface area contributed by atoms with Crippen molar-refractivity contribution in [3.8, 4) is 0 Å². The summed E-state index contributed by atoms with van der Waals surface area (Å²) in [5.41, 5.74) is 0. The van der Waals surface area contributed by atoms with E-state index in [9.17, 15) is 0 Å². The van der Waals surface area contributed by atoms with Crippen LogP contribution in [0.15, 0.2) is 0 Å². The first-order valence-electron chi connectivity index (χ1n) is 6.00. The molecule has 2 unspecified atom stereocenters. The third kappa shape index (κ3) is 7.34. The van der Waals surface area contributed by atoms with E-state index < -0.39 is 0 Å². The van der Waals surface area contributed by atoms with Crippen molar-refractivity contribution in [3.63, 3.8) is 0 Å². The first kappa shape index (κ1) is 13.9. The number of rotatable bonds is 9. The van der Waals surface area contributed by atoms with Crippen LogP contribution < -0.4 is 5.32 Å². The van der Waals surface area contributed by atoms with Crippen LogP contribution in [-0.2, 0) is 4.74 Å². The molecule has 14 heavy (non-hydrogen) atoms. The monoisotopic (exact) mass is 201 g/mol. The van der Waals surface area contributed by atoms with Gasteiger partial charge in [0.25, 0.3) is 0 Å². The molecule has 2 atom stereocenters. The zero-order valence-corrected chi connectivity index (χ0v) is 10.3. The van der Waals surface area contributed by atoms with Crippen molar-refractivity contribution in [1.29, 1.82) is 0 Å². The van der Waals surface area contributed by atoms with Crippen LogP contribution in [0.5, 0.6) is 0 Å². The molecule has 0 heterocycles. The number of hydrogen-bond donors (Lipinski definition) is 1. The highest BCUT2D eigenvalue weighted by molar-refractivity contribution is 4.63. The molecule has 0 amide bonds. The molecule has 86 valence electrons. The minimum Gasteiger partial charge on any atom is -0.381 e. The summed E-state index contributed by atoms with van der Waals surface area (Å²) in [5, 5.41) is 3.45. The van der Waals surface area contributed by atoms with Gasteiger partial charge in [-0.25, -0.2) is 0 Å². The zero-order chi connectivity index (χ0) is 10.8. The van der Waals surface area contributed by atoms with Gasteiger partial charge in [-0.1, -0.05) is 27.7 Å². The normalized spacial score (nSPS) is 15.4. The molecule has 0 bridgehead atoms. The highest BCUT2D eigenvalue weighted by Gasteiger charge is 2.11. The van der Waals surface area contributed by atoms with E-state index in [0.29, 0.717) is 11.8 Å². The molecule has 0 aliphatic rings. The zero-order valence-electron chi connectivity index (χ0n) is 10.3. The van der Waals surface area contributed by atoms with Gasteiger partial charge in [0.05, 0.1) is 0 Å². The largest absolute Gasteiger partial charge is 0.381 e.